The first-order valence-electron chi connectivity index (χ1n) is 5.35. The van der Waals surface area contributed by atoms with Gasteiger partial charge in [-0.25, -0.2) is 4.39 Å². The van der Waals surface area contributed by atoms with Crippen molar-refractivity contribution in [3.8, 4) is 0 Å². The first-order chi connectivity index (χ1) is 7.63. The second-order valence-corrected chi connectivity index (χ2v) is 3.56. The Morgan fingerprint density at radius 1 is 1.50 bits per heavy atom. The number of carboxylic acids is 1. The zero-order valence-corrected chi connectivity index (χ0v) is 9.32. The van der Waals surface area contributed by atoms with E-state index in [4.69, 9.17) is 5.11 Å². The van der Waals surface area contributed by atoms with Crippen molar-refractivity contribution in [2.45, 2.75) is 19.8 Å². The van der Waals surface area contributed by atoms with Gasteiger partial charge in [0.25, 0.3) is 0 Å². The molecule has 1 aromatic rings. The van der Waals surface area contributed by atoms with Crippen molar-refractivity contribution in [2.24, 2.45) is 0 Å². The maximum absolute atomic E-state index is 13.0. The van der Waals surface area contributed by atoms with E-state index in [0.717, 1.165) is 12.2 Å². The SMILES string of the molecule is CCN(CCCC(=O)O)c1cccc(F)c1. The van der Waals surface area contributed by atoms with Crippen molar-refractivity contribution in [3.63, 3.8) is 0 Å². The van der Waals surface area contributed by atoms with Gasteiger partial charge in [-0.2, -0.15) is 0 Å². The maximum Gasteiger partial charge on any atom is 0.303 e. The highest BCUT2D eigenvalue weighted by atomic mass is 19.1. The van der Waals surface area contributed by atoms with Crippen LogP contribution in [0.1, 0.15) is 19.8 Å². The van der Waals surface area contributed by atoms with Crippen LogP contribution in [0.25, 0.3) is 0 Å². The average Bonchev–Trinajstić information content (AvgIpc) is 2.24. The highest BCUT2D eigenvalue weighted by molar-refractivity contribution is 5.66. The molecule has 88 valence electrons. The monoisotopic (exact) mass is 225 g/mol. The molecule has 1 rings (SSSR count). The second-order valence-electron chi connectivity index (χ2n) is 3.56. The third-order valence-electron chi connectivity index (χ3n) is 2.37. The molecule has 0 saturated carbocycles. The van der Waals surface area contributed by atoms with Gasteiger partial charge in [0.2, 0.25) is 0 Å². The Morgan fingerprint density at radius 2 is 2.25 bits per heavy atom. The Balaban J connectivity index is 2.57. The topological polar surface area (TPSA) is 40.5 Å². The van der Waals surface area contributed by atoms with Gasteiger partial charge in [0, 0.05) is 25.2 Å². The number of halogens is 1. The van der Waals surface area contributed by atoms with Crippen LogP contribution in [-0.2, 0) is 4.79 Å². The number of hydrogen-bond acceptors (Lipinski definition) is 2. The second kappa shape index (κ2) is 6.10. The highest BCUT2D eigenvalue weighted by Crippen LogP contribution is 2.15. The summed E-state index contributed by atoms with van der Waals surface area (Å²) in [5, 5.41) is 8.54. The summed E-state index contributed by atoms with van der Waals surface area (Å²) in [5.74, 6) is -1.07. The van der Waals surface area contributed by atoms with Crippen LogP contribution in [0.2, 0.25) is 0 Å². The fourth-order valence-corrected chi connectivity index (χ4v) is 1.56. The molecule has 0 atom stereocenters. The number of aliphatic carboxylic acids is 1. The standard InChI is InChI=1S/C12H16FNO2/c1-2-14(8-4-7-12(15)16)11-6-3-5-10(13)9-11/h3,5-6,9H,2,4,7-8H2,1H3,(H,15,16). The molecule has 0 amide bonds. The fourth-order valence-electron chi connectivity index (χ4n) is 1.56. The van der Waals surface area contributed by atoms with E-state index in [0.29, 0.717) is 13.0 Å². The summed E-state index contributed by atoms with van der Waals surface area (Å²) in [6.07, 6.45) is 0.714. The summed E-state index contributed by atoms with van der Waals surface area (Å²) in [4.78, 5) is 12.3. The highest BCUT2D eigenvalue weighted by Gasteiger charge is 2.06. The van der Waals surface area contributed by atoms with Gasteiger partial charge in [-0.15, -0.1) is 0 Å². The van der Waals surface area contributed by atoms with Gasteiger partial charge in [-0.3, -0.25) is 4.79 Å². The van der Waals surface area contributed by atoms with Crippen LogP contribution in [0.5, 0.6) is 0 Å². The van der Waals surface area contributed by atoms with E-state index in [1.807, 2.05) is 17.9 Å². The predicted octanol–water partition coefficient (Wildman–Crippen LogP) is 2.52. The molecule has 3 nitrogen and oxygen atoms in total. The predicted molar refractivity (Wildman–Crippen MR) is 61.2 cm³/mol. The van der Waals surface area contributed by atoms with Crippen molar-refractivity contribution in [2.75, 3.05) is 18.0 Å². The number of anilines is 1. The van der Waals surface area contributed by atoms with E-state index >= 15 is 0 Å². The van der Waals surface area contributed by atoms with Crippen LogP contribution in [0.15, 0.2) is 24.3 Å². The molecule has 0 aliphatic rings. The van der Waals surface area contributed by atoms with Crippen molar-refractivity contribution < 1.29 is 14.3 Å². The summed E-state index contributed by atoms with van der Waals surface area (Å²) in [7, 11) is 0. The lowest BCUT2D eigenvalue weighted by molar-refractivity contribution is -0.137. The largest absolute Gasteiger partial charge is 0.481 e. The Hall–Kier alpha value is -1.58. The van der Waals surface area contributed by atoms with E-state index < -0.39 is 5.97 Å². The van der Waals surface area contributed by atoms with E-state index in [9.17, 15) is 9.18 Å². The van der Waals surface area contributed by atoms with E-state index in [-0.39, 0.29) is 12.2 Å². The van der Waals surface area contributed by atoms with Crippen molar-refractivity contribution in [3.05, 3.63) is 30.1 Å². The van der Waals surface area contributed by atoms with E-state index in [1.54, 1.807) is 6.07 Å². The first kappa shape index (κ1) is 12.5. The third kappa shape index (κ3) is 3.88. The van der Waals surface area contributed by atoms with E-state index in [1.165, 1.54) is 12.1 Å². The molecule has 16 heavy (non-hydrogen) atoms. The molecule has 0 radical (unpaired) electrons. The molecule has 1 N–H and O–H groups in total. The number of carbonyl (C=O) groups is 1. The zero-order chi connectivity index (χ0) is 12.0. The van der Waals surface area contributed by atoms with Crippen LogP contribution in [0.3, 0.4) is 0 Å². The molecule has 4 heteroatoms. The maximum atomic E-state index is 13.0. The van der Waals surface area contributed by atoms with Crippen LogP contribution in [0, 0.1) is 5.82 Å². The lowest BCUT2D eigenvalue weighted by atomic mass is 10.2. The normalized spacial score (nSPS) is 10.1. The van der Waals surface area contributed by atoms with Crippen LogP contribution >= 0.6 is 0 Å². The fraction of sp³-hybridized carbons (Fsp3) is 0.417. The number of nitrogens with zero attached hydrogens (tertiary/aromatic N) is 1. The smallest absolute Gasteiger partial charge is 0.303 e. The van der Waals surface area contributed by atoms with Crippen LogP contribution in [-0.4, -0.2) is 24.2 Å². The molecule has 0 aliphatic heterocycles. The minimum atomic E-state index is -0.796. The zero-order valence-electron chi connectivity index (χ0n) is 9.32. The summed E-state index contributed by atoms with van der Waals surface area (Å²) in [5.41, 5.74) is 0.799. The number of rotatable bonds is 6. The Labute approximate surface area is 94.5 Å². The first-order valence-corrected chi connectivity index (χ1v) is 5.35. The van der Waals surface area contributed by atoms with Gasteiger partial charge in [-0.05, 0) is 31.5 Å². The van der Waals surface area contributed by atoms with Crippen LogP contribution in [0.4, 0.5) is 10.1 Å². The molecule has 0 spiro atoms. The van der Waals surface area contributed by atoms with E-state index in [2.05, 4.69) is 0 Å². The van der Waals surface area contributed by atoms with Crippen LogP contribution < -0.4 is 4.90 Å². The molecular formula is C12H16FNO2. The van der Waals surface area contributed by atoms with Gasteiger partial charge < -0.3 is 10.0 Å². The van der Waals surface area contributed by atoms with Crippen molar-refractivity contribution >= 4 is 11.7 Å². The molecule has 0 aromatic heterocycles. The molecule has 0 heterocycles. The summed E-state index contributed by atoms with van der Waals surface area (Å²) in [6, 6.07) is 6.34. The third-order valence-corrected chi connectivity index (χ3v) is 2.37. The molecule has 0 saturated heterocycles. The quantitative estimate of drug-likeness (QED) is 0.808. The van der Waals surface area contributed by atoms with Gasteiger partial charge >= 0.3 is 5.97 Å². The lowest BCUT2D eigenvalue weighted by Gasteiger charge is -2.22. The summed E-state index contributed by atoms with van der Waals surface area (Å²) in [6.45, 7) is 3.33. The van der Waals surface area contributed by atoms with Crippen molar-refractivity contribution in [1.82, 2.24) is 0 Å². The van der Waals surface area contributed by atoms with Gasteiger partial charge in [-0.1, -0.05) is 6.07 Å². The lowest BCUT2D eigenvalue weighted by Crippen LogP contribution is -2.24. The van der Waals surface area contributed by atoms with Gasteiger partial charge in [0.1, 0.15) is 5.82 Å². The molecule has 0 fully saturated rings. The molecule has 0 aliphatic carbocycles. The number of carboxylic acid groups (broad SMARTS) is 1. The summed E-state index contributed by atoms with van der Waals surface area (Å²) >= 11 is 0. The van der Waals surface area contributed by atoms with Gasteiger partial charge in [0.05, 0.1) is 0 Å². The average molecular weight is 225 g/mol. The van der Waals surface area contributed by atoms with Crippen molar-refractivity contribution in [1.29, 1.82) is 0 Å². The van der Waals surface area contributed by atoms with Gasteiger partial charge in [0.15, 0.2) is 0 Å². The minimum Gasteiger partial charge on any atom is -0.481 e. The molecule has 0 bridgehead atoms. The number of benzene rings is 1. The molecule has 1 aromatic carbocycles. The number of hydrogen-bond donors (Lipinski definition) is 1. The molecule has 0 unspecified atom stereocenters. The minimum absolute atomic E-state index is 0.145. The Bertz CT molecular complexity index is 355. The Morgan fingerprint density at radius 3 is 2.81 bits per heavy atom. The Kier molecular flexibility index (Phi) is 4.76. The molecular weight excluding hydrogens is 209 g/mol. The summed E-state index contributed by atoms with van der Waals surface area (Å²) < 4.78 is 13.0.